The van der Waals surface area contributed by atoms with E-state index in [1.165, 1.54) is 7.11 Å². The number of nitrogens with two attached hydrogens (primary N) is 4. The third kappa shape index (κ3) is 7.28. The van der Waals surface area contributed by atoms with E-state index in [-0.39, 0.29) is 46.6 Å². The normalized spacial score (nSPS) is 9.84. The largest absolute Gasteiger partial charge is 0.453 e. The number of aromatic amines is 1. The van der Waals surface area contributed by atoms with Crippen LogP contribution in [0.1, 0.15) is 26.4 Å². The van der Waals surface area contributed by atoms with Crippen LogP contribution < -0.4 is 28.3 Å². The van der Waals surface area contributed by atoms with Gasteiger partial charge >= 0.3 is 12.0 Å². The molecule has 0 aliphatic carbocycles. The topological polar surface area (TPSA) is 243 Å². The molecule has 0 aliphatic rings. The minimum Gasteiger partial charge on any atom is -0.453 e. The molecule has 198 valence electrons. The quantitative estimate of drug-likeness (QED) is 0.120. The number of nitrogens with zero attached hydrogens (tertiary/aromatic N) is 4. The summed E-state index contributed by atoms with van der Waals surface area (Å²) in [7, 11) is 1.27. The summed E-state index contributed by atoms with van der Waals surface area (Å²) in [6.07, 6.45) is -0.611. The molecule has 0 spiro atoms. The van der Waals surface area contributed by atoms with E-state index in [0.717, 1.165) is 0 Å². The number of fused-ring (bicyclic) bond motifs is 1. The van der Waals surface area contributed by atoms with Crippen molar-refractivity contribution in [2.75, 3.05) is 23.9 Å². The van der Waals surface area contributed by atoms with E-state index in [1.807, 2.05) is 18.2 Å². The van der Waals surface area contributed by atoms with Crippen LogP contribution in [-0.4, -0.2) is 50.8 Å². The summed E-state index contributed by atoms with van der Waals surface area (Å²) in [4.78, 5) is 52.4. The number of aliphatic imine (C=N–C) groups is 1. The standard InChI is InChI=1S/C16H13N3O3.C6H8ClN7O.ClH/c1-22-16(21)19-15-17-12-8-7-11(9-13(12)18-15)14(20)10-5-3-2-4-6-10;7-2-4(9)13-3(8)1(12-2)5(15)14-6(10)11;/h2-9H,1H3,(H2,17,18,19,21);(H4,8,9,13)(H4,10,11,14,15);1H. The summed E-state index contributed by atoms with van der Waals surface area (Å²) in [5, 5.41) is 2.31. The van der Waals surface area contributed by atoms with Crippen LogP contribution in [0.4, 0.5) is 22.4 Å². The van der Waals surface area contributed by atoms with Gasteiger partial charge in [0, 0.05) is 11.1 Å². The molecule has 2 aromatic heterocycles. The summed E-state index contributed by atoms with van der Waals surface area (Å²) in [6, 6.07) is 14.2. The molecule has 0 bridgehead atoms. The van der Waals surface area contributed by atoms with Crippen molar-refractivity contribution in [1.29, 1.82) is 0 Å². The molecular weight excluding hydrogens is 539 g/mol. The number of carbonyl (C=O) groups excluding carboxylic acids is 3. The van der Waals surface area contributed by atoms with Crippen LogP contribution in [-0.2, 0) is 4.74 Å². The van der Waals surface area contributed by atoms with Crippen molar-refractivity contribution >= 4 is 76.4 Å². The van der Waals surface area contributed by atoms with Crippen LogP contribution in [0.25, 0.3) is 11.0 Å². The van der Waals surface area contributed by atoms with Crippen LogP contribution in [0.3, 0.4) is 0 Å². The lowest BCUT2D eigenvalue weighted by Crippen LogP contribution is -2.24. The lowest BCUT2D eigenvalue weighted by molar-refractivity contribution is 0.0997. The molecular formula is C22H22Cl2N10O4. The van der Waals surface area contributed by atoms with Gasteiger partial charge in [-0.2, -0.15) is 4.99 Å². The number of benzene rings is 2. The number of ether oxygens (including phenoxy) is 1. The van der Waals surface area contributed by atoms with Gasteiger partial charge in [0.15, 0.2) is 34.2 Å². The Morgan fingerprint density at radius 1 is 0.974 bits per heavy atom. The first-order chi connectivity index (χ1) is 17.6. The van der Waals surface area contributed by atoms with E-state index in [0.29, 0.717) is 22.2 Å². The zero-order chi connectivity index (χ0) is 27.1. The Morgan fingerprint density at radius 2 is 1.66 bits per heavy atom. The van der Waals surface area contributed by atoms with Crippen LogP contribution in [0.15, 0.2) is 53.5 Å². The maximum atomic E-state index is 12.4. The number of amides is 2. The van der Waals surface area contributed by atoms with Gasteiger partial charge < -0.3 is 32.7 Å². The average Bonchev–Trinajstić information content (AvgIpc) is 3.27. The molecule has 0 fully saturated rings. The highest BCUT2D eigenvalue weighted by atomic mass is 35.5. The molecule has 0 atom stereocenters. The van der Waals surface area contributed by atoms with E-state index in [1.54, 1.807) is 30.3 Å². The SMILES string of the molecule is COC(=O)Nc1nc2ccc(C(=O)c3ccccc3)cc2[nH]1.Cl.NC(N)=NC(=O)c1nc(Cl)c(N)nc1N. The first kappa shape index (κ1) is 29.3. The number of nitrogens with one attached hydrogen (secondary N) is 2. The number of hydrogen-bond donors (Lipinski definition) is 6. The number of guanidine groups is 1. The molecule has 0 radical (unpaired) electrons. The zero-order valence-electron chi connectivity index (χ0n) is 19.6. The molecule has 0 aliphatic heterocycles. The van der Waals surface area contributed by atoms with Crippen molar-refractivity contribution in [3.8, 4) is 0 Å². The Labute approximate surface area is 226 Å². The van der Waals surface area contributed by atoms with Crippen LogP contribution in [0.5, 0.6) is 0 Å². The van der Waals surface area contributed by atoms with E-state index >= 15 is 0 Å². The van der Waals surface area contributed by atoms with Gasteiger partial charge in [-0.15, -0.1) is 12.4 Å². The van der Waals surface area contributed by atoms with Crippen molar-refractivity contribution in [2.24, 2.45) is 16.5 Å². The number of halogens is 2. The predicted molar refractivity (Wildman–Crippen MR) is 145 cm³/mol. The molecule has 10 N–H and O–H groups in total. The Morgan fingerprint density at radius 3 is 2.29 bits per heavy atom. The Hall–Kier alpha value is -4.95. The predicted octanol–water partition coefficient (Wildman–Crippen LogP) is 2.10. The monoisotopic (exact) mass is 560 g/mol. The number of carbonyl (C=O) groups is 3. The summed E-state index contributed by atoms with van der Waals surface area (Å²) in [5.41, 5.74) is 22.9. The van der Waals surface area contributed by atoms with Gasteiger partial charge in [0.05, 0.1) is 18.1 Å². The lowest BCUT2D eigenvalue weighted by Gasteiger charge is -2.02. The van der Waals surface area contributed by atoms with Gasteiger partial charge in [-0.25, -0.2) is 19.7 Å². The minimum atomic E-state index is -0.832. The van der Waals surface area contributed by atoms with Gasteiger partial charge in [-0.1, -0.05) is 41.9 Å². The van der Waals surface area contributed by atoms with E-state index < -0.39 is 18.0 Å². The van der Waals surface area contributed by atoms with E-state index in [4.69, 9.17) is 34.5 Å². The fourth-order valence-electron chi connectivity index (χ4n) is 2.88. The number of anilines is 3. The summed E-state index contributed by atoms with van der Waals surface area (Å²) >= 11 is 5.55. The van der Waals surface area contributed by atoms with Gasteiger partial charge in [-0.3, -0.25) is 14.9 Å². The number of ketones is 1. The second kappa shape index (κ2) is 12.8. The number of rotatable bonds is 4. The van der Waals surface area contributed by atoms with Gasteiger partial charge in [0.2, 0.25) is 5.95 Å². The Balaban J connectivity index is 0.000000280. The average molecular weight is 561 g/mol. The third-order valence-corrected chi connectivity index (χ3v) is 4.80. The molecule has 4 rings (SSSR count). The van der Waals surface area contributed by atoms with Gasteiger partial charge in [0.1, 0.15) is 0 Å². The number of aromatic nitrogens is 4. The Kier molecular flexibility index (Phi) is 9.90. The molecule has 16 heteroatoms. The van der Waals surface area contributed by atoms with Crippen molar-refractivity contribution in [2.45, 2.75) is 0 Å². The molecule has 2 heterocycles. The highest BCUT2D eigenvalue weighted by molar-refractivity contribution is 6.31. The fraction of sp³-hybridized carbons (Fsp3) is 0.0455. The highest BCUT2D eigenvalue weighted by Gasteiger charge is 2.15. The van der Waals surface area contributed by atoms with Crippen molar-refractivity contribution in [1.82, 2.24) is 19.9 Å². The first-order valence-electron chi connectivity index (χ1n) is 10.3. The third-order valence-electron chi connectivity index (χ3n) is 4.52. The second-order valence-corrected chi connectivity index (χ2v) is 7.46. The lowest BCUT2D eigenvalue weighted by atomic mass is 10.0. The van der Waals surface area contributed by atoms with Crippen molar-refractivity contribution in [3.63, 3.8) is 0 Å². The van der Waals surface area contributed by atoms with Gasteiger partial charge in [-0.05, 0) is 18.2 Å². The highest BCUT2D eigenvalue weighted by Crippen LogP contribution is 2.19. The van der Waals surface area contributed by atoms with E-state index in [9.17, 15) is 14.4 Å². The van der Waals surface area contributed by atoms with Crippen LogP contribution in [0, 0.1) is 0 Å². The second-order valence-electron chi connectivity index (χ2n) is 7.10. The minimum absolute atomic E-state index is 0. The molecule has 2 amide bonds. The van der Waals surface area contributed by atoms with Crippen LogP contribution >= 0.6 is 24.0 Å². The number of H-pyrrole nitrogens is 1. The number of hydrogen-bond acceptors (Lipinski definition) is 9. The molecule has 0 unspecified atom stereocenters. The molecule has 38 heavy (non-hydrogen) atoms. The summed E-state index contributed by atoms with van der Waals surface area (Å²) < 4.78 is 4.51. The molecule has 0 saturated carbocycles. The molecule has 2 aromatic carbocycles. The Bertz CT molecular complexity index is 1510. The smallest absolute Gasteiger partial charge is 0.413 e. The maximum absolute atomic E-state index is 12.4. The fourth-order valence-corrected chi connectivity index (χ4v) is 3.01. The number of methoxy groups -OCH3 is 1. The van der Waals surface area contributed by atoms with E-state index in [2.05, 4.69) is 35.0 Å². The summed E-state index contributed by atoms with van der Waals surface area (Å²) in [6.45, 7) is 0. The van der Waals surface area contributed by atoms with Crippen molar-refractivity contribution < 1.29 is 19.1 Å². The van der Waals surface area contributed by atoms with Crippen molar-refractivity contribution in [3.05, 3.63) is 70.5 Å². The molecule has 0 saturated heterocycles. The molecule has 14 nitrogen and oxygen atoms in total. The summed E-state index contributed by atoms with van der Waals surface area (Å²) in [5.74, 6) is -1.30. The number of nitrogen functional groups attached to an aromatic ring is 2. The van der Waals surface area contributed by atoms with Gasteiger partial charge in [0.25, 0.3) is 0 Å². The zero-order valence-corrected chi connectivity index (χ0v) is 21.2. The molecule has 4 aromatic rings. The first-order valence-corrected chi connectivity index (χ1v) is 10.6. The van der Waals surface area contributed by atoms with Crippen LogP contribution in [0.2, 0.25) is 5.15 Å². The number of imidazole rings is 1. The maximum Gasteiger partial charge on any atom is 0.413 e.